The van der Waals surface area contributed by atoms with E-state index < -0.39 is 0 Å². The summed E-state index contributed by atoms with van der Waals surface area (Å²) in [5, 5.41) is 0. The Morgan fingerprint density at radius 2 is 0.765 bits per heavy atom. The lowest BCUT2D eigenvalue weighted by Crippen LogP contribution is -2.24. The quantitative estimate of drug-likeness (QED) is 0.308. The van der Waals surface area contributed by atoms with E-state index in [1.54, 1.807) is 0 Å². The molecule has 0 aliphatic heterocycles. The number of hydrogen-bond acceptors (Lipinski definition) is 2. The molecule has 2 nitrogen and oxygen atoms in total. The third-order valence-corrected chi connectivity index (χ3v) is 6.32. The first kappa shape index (κ1) is 28.6. The van der Waals surface area contributed by atoms with Gasteiger partial charge in [0.15, 0.2) is 0 Å². The smallest absolute Gasteiger partial charge is 0.0718 e. The van der Waals surface area contributed by atoms with Crippen LogP contribution in [0.1, 0.15) is 104 Å². The largest absolute Gasteiger partial charge is 0.374 e. The van der Waals surface area contributed by atoms with E-state index in [1.165, 1.54) is 22.3 Å². The highest BCUT2D eigenvalue weighted by Crippen LogP contribution is 2.37. The van der Waals surface area contributed by atoms with Crippen molar-refractivity contribution in [1.29, 1.82) is 0 Å². The SMILES string of the molecule is CC(C)(C)CC(C)(C)c1ccc(COCCOCc2ccc(C(C)(C)CC(C)(C)C)cc2)cc1. The Kier molecular flexibility index (Phi) is 9.59. The highest BCUT2D eigenvalue weighted by atomic mass is 16.5. The first-order chi connectivity index (χ1) is 15.6. The van der Waals surface area contributed by atoms with Crippen molar-refractivity contribution in [3.05, 3.63) is 70.8 Å². The number of ether oxygens (including phenoxy) is 2. The van der Waals surface area contributed by atoms with Crippen LogP contribution in [0.25, 0.3) is 0 Å². The molecule has 0 bridgehead atoms. The second-order valence-electron chi connectivity index (χ2n) is 13.7. The van der Waals surface area contributed by atoms with Crippen molar-refractivity contribution in [3.63, 3.8) is 0 Å². The fourth-order valence-corrected chi connectivity index (χ4v) is 5.46. The molecule has 0 heterocycles. The monoisotopic (exact) mass is 466 g/mol. The lowest BCUT2D eigenvalue weighted by Gasteiger charge is -2.33. The molecule has 190 valence electrons. The van der Waals surface area contributed by atoms with Gasteiger partial charge in [0, 0.05) is 0 Å². The van der Waals surface area contributed by atoms with Gasteiger partial charge in [0.2, 0.25) is 0 Å². The number of rotatable bonds is 11. The highest BCUT2D eigenvalue weighted by Gasteiger charge is 2.28. The van der Waals surface area contributed by atoms with E-state index in [9.17, 15) is 0 Å². The van der Waals surface area contributed by atoms with Gasteiger partial charge in [-0.2, -0.15) is 0 Å². The predicted octanol–water partition coefficient (Wildman–Crippen LogP) is 8.85. The molecule has 34 heavy (non-hydrogen) atoms. The van der Waals surface area contributed by atoms with Crippen molar-refractivity contribution in [3.8, 4) is 0 Å². The van der Waals surface area contributed by atoms with Crippen molar-refractivity contribution in [2.24, 2.45) is 10.8 Å². The molecule has 0 aliphatic rings. The van der Waals surface area contributed by atoms with Crippen molar-refractivity contribution >= 4 is 0 Å². The molecule has 0 saturated carbocycles. The summed E-state index contributed by atoms with van der Waals surface area (Å²) in [5.41, 5.74) is 6.18. The minimum atomic E-state index is 0.173. The van der Waals surface area contributed by atoms with Crippen LogP contribution in [0.5, 0.6) is 0 Å². The predicted molar refractivity (Wildman–Crippen MR) is 146 cm³/mol. The van der Waals surface area contributed by atoms with Crippen LogP contribution >= 0.6 is 0 Å². The van der Waals surface area contributed by atoms with Gasteiger partial charge in [-0.25, -0.2) is 0 Å². The summed E-state index contributed by atoms with van der Waals surface area (Å²) < 4.78 is 11.7. The van der Waals surface area contributed by atoms with E-state index in [0.717, 1.165) is 12.8 Å². The third kappa shape index (κ3) is 9.92. The van der Waals surface area contributed by atoms with Crippen molar-refractivity contribution in [2.45, 2.75) is 106 Å². The van der Waals surface area contributed by atoms with Gasteiger partial charge in [0.05, 0.1) is 26.4 Å². The molecule has 0 amide bonds. The van der Waals surface area contributed by atoms with E-state index in [4.69, 9.17) is 9.47 Å². The van der Waals surface area contributed by atoms with Gasteiger partial charge >= 0.3 is 0 Å². The molecule has 0 fully saturated rings. The normalized spacial score (nSPS) is 13.4. The Balaban J connectivity index is 1.72. The maximum Gasteiger partial charge on any atom is 0.0718 e. The average Bonchev–Trinajstić information content (AvgIpc) is 2.68. The van der Waals surface area contributed by atoms with E-state index >= 15 is 0 Å². The lowest BCUT2D eigenvalue weighted by molar-refractivity contribution is 0.0338. The number of hydrogen-bond donors (Lipinski definition) is 0. The van der Waals surface area contributed by atoms with Crippen molar-refractivity contribution < 1.29 is 9.47 Å². The fourth-order valence-electron chi connectivity index (χ4n) is 5.46. The highest BCUT2D eigenvalue weighted by molar-refractivity contribution is 5.29. The molecule has 0 N–H and O–H groups in total. The summed E-state index contributed by atoms with van der Waals surface area (Å²) in [6.45, 7) is 25.7. The van der Waals surface area contributed by atoms with E-state index in [2.05, 4.69) is 118 Å². The zero-order chi connectivity index (χ0) is 25.6. The molecule has 0 spiro atoms. The summed E-state index contributed by atoms with van der Waals surface area (Å²) in [4.78, 5) is 0. The minimum absolute atomic E-state index is 0.173. The molecule has 0 saturated heterocycles. The maximum absolute atomic E-state index is 5.85. The molecule has 0 atom stereocenters. The van der Waals surface area contributed by atoms with Crippen molar-refractivity contribution in [2.75, 3.05) is 13.2 Å². The van der Waals surface area contributed by atoms with Gasteiger partial charge in [0.1, 0.15) is 0 Å². The van der Waals surface area contributed by atoms with Gasteiger partial charge in [-0.3, -0.25) is 0 Å². The molecule has 2 rings (SSSR count). The summed E-state index contributed by atoms with van der Waals surface area (Å²) in [6, 6.07) is 17.8. The molecule has 0 aromatic heterocycles. The van der Waals surface area contributed by atoms with Crippen molar-refractivity contribution in [1.82, 2.24) is 0 Å². The van der Waals surface area contributed by atoms with Crippen LogP contribution in [0.3, 0.4) is 0 Å². The Morgan fingerprint density at radius 3 is 1.03 bits per heavy atom. The van der Waals surface area contributed by atoms with Gasteiger partial charge in [0.25, 0.3) is 0 Å². The molecule has 2 aromatic carbocycles. The maximum atomic E-state index is 5.85. The molecular weight excluding hydrogens is 416 g/mol. The first-order valence-electron chi connectivity index (χ1n) is 12.9. The summed E-state index contributed by atoms with van der Waals surface area (Å²) in [7, 11) is 0. The molecule has 0 unspecified atom stereocenters. The Hall–Kier alpha value is -1.64. The minimum Gasteiger partial charge on any atom is -0.374 e. The van der Waals surface area contributed by atoms with Crippen LogP contribution in [0.2, 0.25) is 0 Å². The third-order valence-electron chi connectivity index (χ3n) is 6.32. The Labute approximate surface area is 210 Å². The van der Waals surface area contributed by atoms with Crippen LogP contribution in [-0.4, -0.2) is 13.2 Å². The zero-order valence-corrected chi connectivity index (χ0v) is 23.7. The second kappa shape index (κ2) is 11.4. The van der Waals surface area contributed by atoms with Crippen LogP contribution in [0, 0.1) is 10.8 Å². The summed E-state index contributed by atoms with van der Waals surface area (Å²) in [5.74, 6) is 0. The van der Waals surface area contributed by atoms with Gasteiger partial charge in [-0.15, -0.1) is 0 Å². The average molecular weight is 467 g/mol. The van der Waals surface area contributed by atoms with Gasteiger partial charge in [-0.1, -0.05) is 118 Å². The summed E-state index contributed by atoms with van der Waals surface area (Å²) >= 11 is 0. The molecule has 0 aliphatic carbocycles. The topological polar surface area (TPSA) is 18.5 Å². The number of benzene rings is 2. The zero-order valence-electron chi connectivity index (χ0n) is 23.7. The van der Waals surface area contributed by atoms with Crippen LogP contribution in [-0.2, 0) is 33.5 Å². The molecule has 2 aromatic rings. The second-order valence-corrected chi connectivity index (χ2v) is 13.7. The standard InChI is InChI=1S/C32H50O2/c1-29(2,3)23-31(7,8)27-15-11-25(12-16-27)21-33-19-20-34-22-26-13-17-28(18-14-26)32(9,10)24-30(4,5)6/h11-18H,19-24H2,1-10H3. The Bertz CT molecular complexity index is 784. The fraction of sp³-hybridized carbons (Fsp3) is 0.625. The first-order valence-corrected chi connectivity index (χ1v) is 12.9. The van der Waals surface area contributed by atoms with E-state index in [-0.39, 0.29) is 10.8 Å². The van der Waals surface area contributed by atoms with E-state index in [0.29, 0.717) is 37.3 Å². The summed E-state index contributed by atoms with van der Waals surface area (Å²) in [6.07, 6.45) is 2.31. The van der Waals surface area contributed by atoms with Crippen LogP contribution < -0.4 is 0 Å². The Morgan fingerprint density at radius 1 is 0.471 bits per heavy atom. The van der Waals surface area contributed by atoms with Gasteiger partial charge in [-0.05, 0) is 56.8 Å². The molecule has 0 radical (unpaired) electrons. The van der Waals surface area contributed by atoms with Crippen LogP contribution in [0.15, 0.2) is 48.5 Å². The lowest BCUT2D eigenvalue weighted by atomic mass is 9.72. The van der Waals surface area contributed by atoms with Gasteiger partial charge < -0.3 is 9.47 Å². The van der Waals surface area contributed by atoms with Crippen LogP contribution in [0.4, 0.5) is 0 Å². The molecule has 2 heteroatoms. The van der Waals surface area contributed by atoms with E-state index in [1.807, 2.05) is 0 Å². The molecular formula is C32H50O2.